The minimum atomic E-state index is -0.893. The van der Waals surface area contributed by atoms with Gasteiger partial charge in [0.15, 0.2) is 0 Å². The van der Waals surface area contributed by atoms with Crippen LogP contribution in [-0.4, -0.2) is 54.8 Å². The fourth-order valence-electron chi connectivity index (χ4n) is 5.08. The molecule has 1 aromatic carbocycles. The first-order valence-corrected chi connectivity index (χ1v) is 14.9. The lowest BCUT2D eigenvalue weighted by Crippen LogP contribution is -2.52. The van der Waals surface area contributed by atoms with Crippen LogP contribution in [0.15, 0.2) is 35.4 Å². The van der Waals surface area contributed by atoms with Crippen LogP contribution in [0.25, 0.3) is 0 Å². The minimum Gasteiger partial charge on any atom is -0.467 e. The lowest BCUT2D eigenvalue weighted by atomic mass is 9.85. The number of nitrogens with zero attached hydrogens (tertiary/aromatic N) is 4. The van der Waals surface area contributed by atoms with Gasteiger partial charge in [-0.2, -0.15) is 10.5 Å². The summed E-state index contributed by atoms with van der Waals surface area (Å²) in [6, 6.07) is 12.6. The molecule has 0 saturated carbocycles. The first kappa shape index (κ1) is 33.2. The van der Waals surface area contributed by atoms with E-state index in [-0.39, 0.29) is 17.4 Å². The Labute approximate surface area is 256 Å². The Morgan fingerprint density at radius 3 is 2.30 bits per heavy atom. The fourth-order valence-corrected chi connectivity index (χ4v) is 6.13. The van der Waals surface area contributed by atoms with Crippen LogP contribution in [-0.2, 0) is 25.5 Å². The number of primary amides is 1. The van der Waals surface area contributed by atoms with E-state index in [0.29, 0.717) is 53.5 Å². The Morgan fingerprint density at radius 2 is 1.79 bits per heavy atom. The first-order chi connectivity index (χ1) is 20.3. The molecule has 43 heavy (non-hydrogen) atoms. The van der Waals surface area contributed by atoms with Gasteiger partial charge in [-0.3, -0.25) is 4.79 Å². The lowest BCUT2D eigenvalue weighted by Gasteiger charge is -2.42. The number of hydrogen-bond donors (Lipinski definition) is 2. The number of anilines is 1. The van der Waals surface area contributed by atoms with E-state index in [1.807, 2.05) is 24.8 Å². The number of amides is 2. The topological polar surface area (TPSA) is 171 Å². The molecule has 1 saturated heterocycles. The first-order valence-electron chi connectivity index (χ1n) is 14.0. The zero-order valence-corrected chi connectivity index (χ0v) is 26.2. The van der Waals surface area contributed by atoms with E-state index in [2.05, 4.69) is 17.5 Å². The van der Waals surface area contributed by atoms with Gasteiger partial charge in [-0.15, -0.1) is 0 Å². The summed E-state index contributed by atoms with van der Waals surface area (Å²) in [5.74, 6) is -0.820. The van der Waals surface area contributed by atoms with Crippen LogP contribution >= 0.6 is 11.8 Å². The number of ether oxygens (including phenoxy) is 2. The van der Waals surface area contributed by atoms with Crippen molar-refractivity contribution in [1.82, 2.24) is 10.3 Å². The number of benzene rings is 1. The molecule has 0 aliphatic carbocycles. The van der Waals surface area contributed by atoms with Crippen LogP contribution in [0, 0.1) is 34.5 Å². The van der Waals surface area contributed by atoms with Crippen molar-refractivity contribution in [2.75, 3.05) is 25.1 Å². The van der Waals surface area contributed by atoms with E-state index in [1.165, 1.54) is 7.11 Å². The summed E-state index contributed by atoms with van der Waals surface area (Å²) in [5, 5.41) is 22.3. The summed E-state index contributed by atoms with van der Waals surface area (Å²) in [6.45, 7) is 10.0. The second kappa shape index (κ2) is 14.3. The highest BCUT2D eigenvalue weighted by Gasteiger charge is 2.37. The maximum atomic E-state index is 12.5. The molecule has 1 fully saturated rings. The Kier molecular flexibility index (Phi) is 11.0. The highest BCUT2D eigenvalue weighted by atomic mass is 32.2. The molecule has 3 N–H and O–H groups in total. The number of hydrogen-bond acceptors (Lipinski definition) is 10. The van der Waals surface area contributed by atoms with E-state index < -0.39 is 34.9 Å². The van der Waals surface area contributed by atoms with Gasteiger partial charge in [0, 0.05) is 13.1 Å². The van der Waals surface area contributed by atoms with Crippen LogP contribution in [0.2, 0.25) is 0 Å². The molecule has 0 bridgehead atoms. The number of esters is 1. The Hall–Kier alpha value is -4.29. The normalized spacial score (nSPS) is 15.2. The molecule has 1 aromatic heterocycles. The van der Waals surface area contributed by atoms with Gasteiger partial charge in [-0.25, -0.2) is 14.6 Å². The van der Waals surface area contributed by atoms with E-state index >= 15 is 0 Å². The van der Waals surface area contributed by atoms with Crippen molar-refractivity contribution in [1.29, 1.82) is 10.5 Å². The molecule has 228 valence electrons. The molecule has 3 atom stereocenters. The second-order valence-corrected chi connectivity index (χ2v) is 12.6. The molecule has 12 heteroatoms. The quantitative estimate of drug-likeness (QED) is 0.278. The summed E-state index contributed by atoms with van der Waals surface area (Å²) in [5.41, 5.74) is 6.87. The van der Waals surface area contributed by atoms with Crippen LogP contribution < -0.4 is 16.0 Å². The van der Waals surface area contributed by atoms with Crippen molar-refractivity contribution in [3.05, 3.63) is 52.6 Å². The van der Waals surface area contributed by atoms with E-state index in [1.54, 1.807) is 45.0 Å². The van der Waals surface area contributed by atoms with Gasteiger partial charge >= 0.3 is 12.1 Å². The van der Waals surface area contributed by atoms with E-state index in [9.17, 15) is 24.9 Å². The summed E-state index contributed by atoms with van der Waals surface area (Å²) in [7, 11) is 1.27. The average Bonchev–Trinajstić information content (AvgIpc) is 2.94. The molecular formula is C31H38N6O5S. The highest BCUT2D eigenvalue weighted by Crippen LogP contribution is 2.41. The Balaban J connectivity index is 1.84. The maximum Gasteiger partial charge on any atom is 0.408 e. The molecular weight excluding hydrogens is 568 g/mol. The fraction of sp³-hybridized carbons (Fsp3) is 0.484. The highest BCUT2D eigenvalue weighted by molar-refractivity contribution is 8.00. The lowest BCUT2D eigenvalue weighted by molar-refractivity contribution is -0.144. The molecule has 0 radical (unpaired) electrons. The van der Waals surface area contributed by atoms with E-state index in [4.69, 9.17) is 20.2 Å². The second-order valence-electron chi connectivity index (χ2n) is 11.5. The number of nitriles is 2. The molecule has 1 aliphatic rings. The third-order valence-corrected chi connectivity index (χ3v) is 8.33. The average molecular weight is 607 g/mol. The van der Waals surface area contributed by atoms with Crippen molar-refractivity contribution in [2.45, 2.75) is 69.4 Å². The molecule has 3 unspecified atom stereocenters. The molecule has 2 aromatic rings. The van der Waals surface area contributed by atoms with Crippen molar-refractivity contribution in [3.8, 4) is 12.1 Å². The maximum absolute atomic E-state index is 12.5. The van der Waals surface area contributed by atoms with Gasteiger partial charge in [0.25, 0.3) is 0 Å². The Morgan fingerprint density at radius 1 is 1.16 bits per heavy atom. The van der Waals surface area contributed by atoms with Gasteiger partial charge < -0.3 is 25.4 Å². The number of alkyl carbamates (subject to hydrolysis) is 1. The van der Waals surface area contributed by atoms with Gasteiger partial charge in [-0.1, -0.05) is 55.9 Å². The predicted molar refractivity (Wildman–Crippen MR) is 162 cm³/mol. The zero-order chi connectivity index (χ0) is 31.9. The smallest absolute Gasteiger partial charge is 0.408 e. The largest absolute Gasteiger partial charge is 0.467 e. The van der Waals surface area contributed by atoms with Gasteiger partial charge in [0.2, 0.25) is 5.91 Å². The third-order valence-electron chi connectivity index (χ3n) is 7.07. The molecule has 11 nitrogen and oxygen atoms in total. The third kappa shape index (κ3) is 8.17. The summed E-state index contributed by atoms with van der Waals surface area (Å²) >= 11 is 1.10. The number of pyridine rings is 1. The summed E-state index contributed by atoms with van der Waals surface area (Å²) in [4.78, 5) is 44.0. The van der Waals surface area contributed by atoms with Crippen LogP contribution in [0.4, 0.5) is 10.6 Å². The predicted octanol–water partition coefficient (Wildman–Crippen LogP) is 4.23. The number of thioether (sulfide) groups is 1. The number of aromatic nitrogens is 1. The molecule has 1 aliphatic heterocycles. The molecule has 2 amide bonds. The van der Waals surface area contributed by atoms with Gasteiger partial charge in [-0.05, 0) is 56.6 Å². The number of carbonyl (C=O) groups excluding carboxylic acids is 3. The van der Waals surface area contributed by atoms with Crippen LogP contribution in [0.3, 0.4) is 0 Å². The monoisotopic (exact) mass is 606 g/mol. The van der Waals surface area contributed by atoms with Crippen molar-refractivity contribution >= 4 is 35.5 Å². The van der Waals surface area contributed by atoms with Crippen molar-refractivity contribution < 1.29 is 23.9 Å². The summed E-state index contributed by atoms with van der Waals surface area (Å²) in [6.07, 6.45) is 0.309. The number of carbonyl (C=O) groups is 3. The van der Waals surface area contributed by atoms with E-state index in [0.717, 1.165) is 11.8 Å². The molecule has 0 spiro atoms. The molecule has 2 heterocycles. The van der Waals surface area contributed by atoms with Crippen LogP contribution in [0.1, 0.15) is 68.5 Å². The van der Waals surface area contributed by atoms with Crippen LogP contribution in [0.5, 0.6) is 0 Å². The Bertz CT molecular complexity index is 1420. The number of nitrogens with one attached hydrogen (secondary N) is 1. The number of nitrogens with two attached hydrogens (primary N) is 1. The van der Waals surface area contributed by atoms with Crippen molar-refractivity contribution in [2.24, 2.45) is 17.6 Å². The minimum absolute atomic E-state index is 0.135. The standard InChI is InChI=1S/C31H38N6O5S/c1-7-21-22(14-32)27(36-28(23(21)15-33)43-25(26(34)38)20-11-9-8-10-12-20)37-16-19(17-37)13-18(2)24(29(39)41-6)35-30(40)42-31(3,4)5/h8-12,18-19,24-25H,7,13,16-17H2,1-6H3,(H2,34,38)(H,35,40). The summed E-state index contributed by atoms with van der Waals surface area (Å²) < 4.78 is 10.3. The van der Waals surface area contributed by atoms with Crippen molar-refractivity contribution in [3.63, 3.8) is 0 Å². The SMILES string of the molecule is CCc1c(C#N)c(SC(C(N)=O)c2ccccc2)nc(N2CC(CC(C)C(NC(=O)OC(C)(C)C)C(=O)OC)C2)c1C#N. The number of methoxy groups -OCH3 is 1. The molecule has 3 rings (SSSR count). The van der Waals surface area contributed by atoms with Gasteiger partial charge in [0.05, 0.1) is 18.2 Å². The van der Waals surface area contributed by atoms with Gasteiger partial charge in [0.1, 0.15) is 39.9 Å². The number of rotatable bonds is 11. The zero-order valence-electron chi connectivity index (χ0n) is 25.3.